The molecule has 1 N–H and O–H groups in total. The first-order valence-electron chi connectivity index (χ1n) is 14.7. The summed E-state index contributed by atoms with van der Waals surface area (Å²) < 4.78 is 18.9. The van der Waals surface area contributed by atoms with Gasteiger partial charge in [0.05, 0.1) is 42.7 Å². The Bertz CT molecular complexity index is 1630. The van der Waals surface area contributed by atoms with Crippen LogP contribution in [-0.4, -0.2) is 67.4 Å². The van der Waals surface area contributed by atoms with Gasteiger partial charge >= 0.3 is 0 Å². The summed E-state index contributed by atoms with van der Waals surface area (Å²) in [5.41, 5.74) is 5.20. The summed E-state index contributed by atoms with van der Waals surface area (Å²) in [5.74, 6) is 1.63. The van der Waals surface area contributed by atoms with Gasteiger partial charge in [-0.15, -0.1) is 11.8 Å². The minimum atomic E-state index is -0.353. The number of nitrogens with one attached hydrogen (secondary N) is 1. The maximum Gasteiger partial charge on any atom is 0.240 e. The molecule has 2 atom stereocenters. The van der Waals surface area contributed by atoms with Crippen LogP contribution in [0, 0.1) is 6.92 Å². The van der Waals surface area contributed by atoms with Crippen molar-refractivity contribution in [2.24, 2.45) is 0 Å². The standard InChI is InChI=1S/C34H36N4O5S/c1-22-11-13-24(14-12-22)38-34-31(32(36-38)23-8-5-4-6-9-23)33(27-18-25(41-2)15-16-28(27)42-3)44-21-30(40)37(34)20-29(39)35-19-26-10-7-17-43-26/h4-6,8-9,11-16,18,26,33H,7,10,17,19-21H2,1-3H3,(H,35,39)/t26-,33+/m0/s1. The molecule has 2 amide bonds. The number of hydrogen-bond acceptors (Lipinski definition) is 7. The lowest BCUT2D eigenvalue weighted by molar-refractivity contribution is -0.123. The Kier molecular flexibility index (Phi) is 8.90. The van der Waals surface area contributed by atoms with Gasteiger partial charge in [-0.25, -0.2) is 4.68 Å². The fraction of sp³-hybridized carbons (Fsp3) is 0.324. The molecule has 0 radical (unpaired) electrons. The van der Waals surface area contributed by atoms with Crippen LogP contribution in [0.4, 0.5) is 5.82 Å². The molecule has 0 aliphatic carbocycles. The van der Waals surface area contributed by atoms with Crippen LogP contribution in [-0.2, 0) is 14.3 Å². The van der Waals surface area contributed by atoms with Crippen LogP contribution in [0.3, 0.4) is 0 Å². The molecule has 2 aliphatic heterocycles. The highest BCUT2D eigenvalue weighted by atomic mass is 32.2. The lowest BCUT2D eigenvalue weighted by Crippen LogP contribution is -2.44. The van der Waals surface area contributed by atoms with E-state index in [9.17, 15) is 9.59 Å². The SMILES string of the molecule is COc1ccc(OC)c([C@H]2SCC(=O)N(CC(=O)NC[C@@H]3CCCO3)c3c2c(-c2ccccc2)nn3-c2ccc(C)cc2)c1. The minimum absolute atomic E-state index is 0.00224. The lowest BCUT2D eigenvalue weighted by atomic mass is 9.98. The van der Waals surface area contributed by atoms with Crippen LogP contribution in [0.15, 0.2) is 72.8 Å². The second-order valence-corrected chi connectivity index (χ2v) is 12.0. The van der Waals surface area contributed by atoms with Crippen LogP contribution >= 0.6 is 11.8 Å². The zero-order valence-corrected chi connectivity index (χ0v) is 25.9. The maximum absolute atomic E-state index is 14.0. The topological polar surface area (TPSA) is 94.9 Å². The van der Waals surface area contributed by atoms with E-state index in [-0.39, 0.29) is 35.5 Å². The Labute approximate surface area is 261 Å². The van der Waals surface area contributed by atoms with E-state index >= 15 is 0 Å². The molecule has 1 saturated heterocycles. The Balaban J connectivity index is 1.55. The summed E-state index contributed by atoms with van der Waals surface area (Å²) in [4.78, 5) is 29.0. The van der Waals surface area contributed by atoms with Crippen molar-refractivity contribution in [1.82, 2.24) is 15.1 Å². The number of aromatic nitrogens is 2. The molecule has 2 aliphatic rings. The summed E-state index contributed by atoms with van der Waals surface area (Å²) in [6.07, 6.45) is 1.89. The third-order valence-electron chi connectivity index (χ3n) is 7.99. The van der Waals surface area contributed by atoms with E-state index < -0.39 is 0 Å². The maximum atomic E-state index is 14.0. The van der Waals surface area contributed by atoms with Gasteiger partial charge in [-0.05, 0) is 50.1 Å². The van der Waals surface area contributed by atoms with Gasteiger partial charge in [0.15, 0.2) is 0 Å². The number of hydrogen-bond donors (Lipinski definition) is 1. The van der Waals surface area contributed by atoms with E-state index in [1.165, 1.54) is 11.8 Å². The van der Waals surface area contributed by atoms with Crippen molar-refractivity contribution in [2.75, 3.05) is 44.6 Å². The van der Waals surface area contributed by atoms with Gasteiger partial charge < -0.3 is 19.5 Å². The first kappa shape index (κ1) is 29.8. The van der Waals surface area contributed by atoms with Gasteiger partial charge in [-0.1, -0.05) is 48.0 Å². The number of fused-ring (bicyclic) bond motifs is 1. The number of rotatable bonds is 9. The monoisotopic (exact) mass is 612 g/mol. The van der Waals surface area contributed by atoms with Crippen molar-refractivity contribution in [1.29, 1.82) is 0 Å². The molecule has 3 heterocycles. The zero-order chi connectivity index (χ0) is 30.6. The highest BCUT2D eigenvalue weighted by Gasteiger charge is 2.39. The van der Waals surface area contributed by atoms with E-state index in [2.05, 4.69) is 5.32 Å². The zero-order valence-electron chi connectivity index (χ0n) is 25.1. The molecule has 9 nitrogen and oxygen atoms in total. The molecule has 3 aromatic carbocycles. The molecule has 4 aromatic rings. The molecule has 1 fully saturated rings. The van der Waals surface area contributed by atoms with Crippen molar-refractivity contribution >= 4 is 29.4 Å². The summed E-state index contributed by atoms with van der Waals surface area (Å²) in [7, 11) is 3.26. The normalized spacial score (nSPS) is 18.1. The van der Waals surface area contributed by atoms with Crippen LogP contribution < -0.4 is 19.7 Å². The predicted molar refractivity (Wildman–Crippen MR) is 172 cm³/mol. The van der Waals surface area contributed by atoms with Crippen LogP contribution in [0.2, 0.25) is 0 Å². The third kappa shape index (κ3) is 6.05. The number of thioether (sulfide) groups is 1. The van der Waals surface area contributed by atoms with E-state index in [1.807, 2.05) is 79.7 Å². The van der Waals surface area contributed by atoms with Crippen LogP contribution in [0.5, 0.6) is 11.5 Å². The number of benzene rings is 3. The number of anilines is 1. The second kappa shape index (κ2) is 13.2. The quantitative estimate of drug-likeness (QED) is 0.273. The van der Waals surface area contributed by atoms with Crippen molar-refractivity contribution in [3.05, 3.63) is 89.5 Å². The third-order valence-corrected chi connectivity index (χ3v) is 9.22. The Morgan fingerprint density at radius 3 is 2.57 bits per heavy atom. The van der Waals surface area contributed by atoms with Gasteiger partial charge in [0, 0.05) is 29.8 Å². The van der Waals surface area contributed by atoms with E-state index in [0.717, 1.165) is 46.5 Å². The molecule has 44 heavy (non-hydrogen) atoms. The average molecular weight is 613 g/mol. The van der Waals surface area contributed by atoms with E-state index in [0.29, 0.717) is 30.5 Å². The number of methoxy groups -OCH3 is 2. The number of aryl methyl sites for hydroxylation is 1. The predicted octanol–water partition coefficient (Wildman–Crippen LogP) is 5.33. The summed E-state index contributed by atoms with van der Waals surface area (Å²) in [6, 6.07) is 23.6. The van der Waals surface area contributed by atoms with Crippen molar-refractivity contribution in [3.63, 3.8) is 0 Å². The van der Waals surface area contributed by atoms with Gasteiger partial charge in [0.1, 0.15) is 23.9 Å². The van der Waals surface area contributed by atoms with Crippen molar-refractivity contribution < 1.29 is 23.8 Å². The van der Waals surface area contributed by atoms with Gasteiger partial charge in [-0.2, -0.15) is 5.10 Å². The highest BCUT2D eigenvalue weighted by Crippen LogP contribution is 2.51. The Morgan fingerprint density at radius 2 is 1.86 bits per heavy atom. The molecule has 228 valence electrons. The molecule has 0 unspecified atom stereocenters. The Hall–Kier alpha value is -4.28. The fourth-order valence-electron chi connectivity index (χ4n) is 5.72. The number of carbonyl (C=O) groups is 2. The van der Waals surface area contributed by atoms with E-state index in [4.69, 9.17) is 19.3 Å². The van der Waals surface area contributed by atoms with E-state index in [1.54, 1.807) is 23.8 Å². The fourth-order valence-corrected chi connectivity index (χ4v) is 6.93. The highest BCUT2D eigenvalue weighted by molar-refractivity contribution is 8.00. The molecule has 0 saturated carbocycles. The molecule has 0 bridgehead atoms. The molecule has 0 spiro atoms. The molecule has 10 heteroatoms. The summed E-state index contributed by atoms with van der Waals surface area (Å²) >= 11 is 1.49. The van der Waals surface area contributed by atoms with Crippen molar-refractivity contribution in [3.8, 4) is 28.4 Å². The smallest absolute Gasteiger partial charge is 0.240 e. The van der Waals surface area contributed by atoms with Crippen LogP contribution in [0.1, 0.15) is 34.8 Å². The Morgan fingerprint density at radius 1 is 1.07 bits per heavy atom. The number of carbonyl (C=O) groups excluding carboxylic acids is 2. The first-order valence-corrected chi connectivity index (χ1v) is 15.8. The number of ether oxygens (including phenoxy) is 3. The largest absolute Gasteiger partial charge is 0.497 e. The molecule has 6 rings (SSSR count). The lowest BCUT2D eigenvalue weighted by Gasteiger charge is -2.24. The summed E-state index contributed by atoms with van der Waals surface area (Å²) in [6.45, 7) is 3.00. The second-order valence-electron chi connectivity index (χ2n) is 10.9. The van der Waals surface area contributed by atoms with Gasteiger partial charge in [0.25, 0.3) is 0 Å². The van der Waals surface area contributed by atoms with Gasteiger partial charge in [-0.3, -0.25) is 14.5 Å². The van der Waals surface area contributed by atoms with Gasteiger partial charge in [0.2, 0.25) is 11.8 Å². The number of amides is 2. The number of nitrogens with zero attached hydrogens (tertiary/aromatic N) is 3. The summed E-state index contributed by atoms with van der Waals surface area (Å²) in [5, 5.41) is 7.81. The first-order chi connectivity index (χ1) is 21.5. The molecular formula is C34H36N4O5S. The molecule has 1 aromatic heterocycles. The average Bonchev–Trinajstić information content (AvgIpc) is 3.69. The molecular weight excluding hydrogens is 576 g/mol. The minimum Gasteiger partial charge on any atom is -0.497 e. The van der Waals surface area contributed by atoms with Crippen LogP contribution in [0.25, 0.3) is 16.9 Å². The van der Waals surface area contributed by atoms with Crippen molar-refractivity contribution in [2.45, 2.75) is 31.1 Å².